The third-order valence-electron chi connectivity index (χ3n) is 4.03. The molecule has 0 amide bonds. The maximum Gasteiger partial charge on any atom is 0.0295 e. The molecule has 0 N–H and O–H groups in total. The van der Waals surface area contributed by atoms with Gasteiger partial charge in [-0.1, -0.05) is 58.4 Å². The number of benzene rings is 2. The fraction of sp³-hybridized carbons (Fsp3) is 0.294. The molecule has 2 aromatic carbocycles. The van der Waals surface area contributed by atoms with Crippen LogP contribution in [-0.2, 0) is 0 Å². The standard InChI is InChI=1S/C17H16BrCl/c18-14-8-4-7-13(9-14)17(11-19)16-10-15(16)12-5-2-1-3-6-12/h1-9,15-17H,10-11H2. The fourth-order valence-corrected chi connectivity index (χ4v) is 3.75. The molecule has 3 atom stereocenters. The molecule has 2 aromatic rings. The van der Waals surface area contributed by atoms with E-state index in [0.29, 0.717) is 23.6 Å². The van der Waals surface area contributed by atoms with E-state index < -0.39 is 0 Å². The second-order valence-electron chi connectivity index (χ2n) is 5.23. The van der Waals surface area contributed by atoms with Crippen LogP contribution >= 0.6 is 27.5 Å². The third-order valence-corrected chi connectivity index (χ3v) is 4.85. The van der Waals surface area contributed by atoms with E-state index in [1.165, 1.54) is 17.5 Å². The average Bonchev–Trinajstić information content (AvgIpc) is 3.21. The minimum Gasteiger partial charge on any atom is -0.126 e. The first-order chi connectivity index (χ1) is 9.29. The highest BCUT2D eigenvalue weighted by molar-refractivity contribution is 9.10. The van der Waals surface area contributed by atoms with Crippen molar-refractivity contribution in [1.82, 2.24) is 0 Å². The topological polar surface area (TPSA) is 0 Å². The lowest BCUT2D eigenvalue weighted by Gasteiger charge is -2.15. The van der Waals surface area contributed by atoms with Crippen molar-refractivity contribution >= 4 is 27.5 Å². The van der Waals surface area contributed by atoms with E-state index in [-0.39, 0.29) is 0 Å². The van der Waals surface area contributed by atoms with Crippen LogP contribution in [0.1, 0.15) is 29.4 Å². The van der Waals surface area contributed by atoms with Crippen molar-refractivity contribution in [3.8, 4) is 0 Å². The molecule has 19 heavy (non-hydrogen) atoms. The highest BCUT2D eigenvalue weighted by atomic mass is 79.9. The molecule has 0 aliphatic heterocycles. The predicted octanol–water partition coefficient (Wildman–Crippen LogP) is 5.58. The van der Waals surface area contributed by atoms with Gasteiger partial charge in [0.15, 0.2) is 0 Å². The van der Waals surface area contributed by atoms with Crippen molar-refractivity contribution in [2.75, 3.05) is 5.88 Å². The molecule has 0 nitrogen and oxygen atoms in total. The summed E-state index contributed by atoms with van der Waals surface area (Å²) in [6.45, 7) is 0. The van der Waals surface area contributed by atoms with E-state index in [4.69, 9.17) is 11.6 Å². The van der Waals surface area contributed by atoms with Gasteiger partial charge in [-0.25, -0.2) is 0 Å². The Morgan fingerprint density at radius 3 is 2.58 bits per heavy atom. The molecule has 0 heterocycles. The van der Waals surface area contributed by atoms with Crippen LogP contribution in [0.3, 0.4) is 0 Å². The van der Waals surface area contributed by atoms with Crippen molar-refractivity contribution in [2.24, 2.45) is 5.92 Å². The molecular formula is C17H16BrCl. The lowest BCUT2D eigenvalue weighted by molar-refractivity contribution is 0.649. The molecule has 98 valence electrons. The number of rotatable bonds is 4. The molecule has 3 rings (SSSR count). The second-order valence-corrected chi connectivity index (χ2v) is 6.46. The molecule has 1 aliphatic carbocycles. The monoisotopic (exact) mass is 334 g/mol. The summed E-state index contributed by atoms with van der Waals surface area (Å²) in [7, 11) is 0. The summed E-state index contributed by atoms with van der Waals surface area (Å²) >= 11 is 9.77. The van der Waals surface area contributed by atoms with Crippen molar-refractivity contribution in [3.63, 3.8) is 0 Å². The van der Waals surface area contributed by atoms with E-state index in [0.717, 1.165) is 4.47 Å². The quantitative estimate of drug-likeness (QED) is 0.640. The van der Waals surface area contributed by atoms with Gasteiger partial charge in [-0.05, 0) is 41.5 Å². The Balaban J connectivity index is 1.79. The molecule has 0 radical (unpaired) electrons. The maximum absolute atomic E-state index is 6.23. The first-order valence-corrected chi connectivity index (χ1v) is 7.98. The minimum absolute atomic E-state index is 0.462. The van der Waals surface area contributed by atoms with Crippen molar-refractivity contribution in [1.29, 1.82) is 0 Å². The number of alkyl halides is 1. The summed E-state index contributed by atoms with van der Waals surface area (Å²) in [5.74, 6) is 2.53. The third kappa shape index (κ3) is 2.88. The van der Waals surface area contributed by atoms with Crippen LogP contribution in [0.2, 0.25) is 0 Å². The summed E-state index contributed by atoms with van der Waals surface area (Å²) in [4.78, 5) is 0. The Morgan fingerprint density at radius 2 is 1.89 bits per heavy atom. The van der Waals surface area contributed by atoms with Gasteiger partial charge in [-0.3, -0.25) is 0 Å². The lowest BCUT2D eigenvalue weighted by Crippen LogP contribution is -2.04. The molecule has 0 aromatic heterocycles. The van der Waals surface area contributed by atoms with E-state index >= 15 is 0 Å². The van der Waals surface area contributed by atoms with Crippen LogP contribution in [0.5, 0.6) is 0 Å². The van der Waals surface area contributed by atoms with Gasteiger partial charge in [0.1, 0.15) is 0 Å². The molecular weight excluding hydrogens is 320 g/mol. The highest BCUT2D eigenvalue weighted by Crippen LogP contribution is 2.55. The van der Waals surface area contributed by atoms with Crippen molar-refractivity contribution in [3.05, 3.63) is 70.2 Å². The predicted molar refractivity (Wildman–Crippen MR) is 84.9 cm³/mol. The van der Waals surface area contributed by atoms with Gasteiger partial charge >= 0.3 is 0 Å². The largest absolute Gasteiger partial charge is 0.126 e. The van der Waals surface area contributed by atoms with Gasteiger partial charge in [-0.15, -0.1) is 11.6 Å². The van der Waals surface area contributed by atoms with Gasteiger partial charge in [0, 0.05) is 16.3 Å². The first-order valence-electron chi connectivity index (χ1n) is 6.66. The van der Waals surface area contributed by atoms with E-state index in [9.17, 15) is 0 Å². The highest BCUT2D eigenvalue weighted by Gasteiger charge is 2.43. The van der Waals surface area contributed by atoms with Crippen LogP contribution < -0.4 is 0 Å². The molecule has 1 aliphatic rings. The van der Waals surface area contributed by atoms with Crippen molar-refractivity contribution in [2.45, 2.75) is 18.3 Å². The number of halogens is 2. The van der Waals surface area contributed by atoms with Gasteiger partial charge < -0.3 is 0 Å². The molecule has 0 saturated heterocycles. The second kappa shape index (κ2) is 5.68. The number of hydrogen-bond acceptors (Lipinski definition) is 0. The molecule has 3 unspecified atom stereocenters. The molecule has 0 spiro atoms. The minimum atomic E-state index is 0.462. The smallest absolute Gasteiger partial charge is 0.0295 e. The van der Waals surface area contributed by atoms with E-state index in [2.05, 4.69) is 70.5 Å². The summed E-state index contributed by atoms with van der Waals surface area (Å²) in [6, 6.07) is 19.3. The Labute approximate surface area is 127 Å². The number of hydrogen-bond donors (Lipinski definition) is 0. The van der Waals surface area contributed by atoms with Crippen LogP contribution in [0.4, 0.5) is 0 Å². The maximum atomic E-state index is 6.23. The Bertz CT molecular complexity index is 552. The molecule has 2 heteroatoms. The van der Waals surface area contributed by atoms with Crippen LogP contribution in [0.25, 0.3) is 0 Å². The normalized spacial score (nSPS) is 23.1. The fourth-order valence-electron chi connectivity index (χ4n) is 2.93. The Hall–Kier alpha value is -0.790. The van der Waals surface area contributed by atoms with Crippen LogP contribution in [0.15, 0.2) is 59.1 Å². The Morgan fingerprint density at radius 1 is 1.11 bits per heavy atom. The van der Waals surface area contributed by atoms with Crippen molar-refractivity contribution < 1.29 is 0 Å². The lowest BCUT2D eigenvalue weighted by atomic mass is 9.93. The zero-order chi connectivity index (χ0) is 13.2. The molecule has 1 saturated carbocycles. The summed E-state index contributed by atoms with van der Waals surface area (Å²) < 4.78 is 1.14. The SMILES string of the molecule is ClCC(c1cccc(Br)c1)C1CC1c1ccccc1. The van der Waals surface area contributed by atoms with Gasteiger partial charge in [0.25, 0.3) is 0 Å². The Kier molecular flexibility index (Phi) is 3.95. The zero-order valence-electron chi connectivity index (χ0n) is 10.6. The van der Waals surface area contributed by atoms with Gasteiger partial charge in [-0.2, -0.15) is 0 Å². The van der Waals surface area contributed by atoms with E-state index in [1.807, 2.05) is 0 Å². The zero-order valence-corrected chi connectivity index (χ0v) is 12.9. The summed E-state index contributed by atoms with van der Waals surface area (Å²) in [5.41, 5.74) is 2.81. The van der Waals surface area contributed by atoms with E-state index in [1.54, 1.807) is 0 Å². The summed E-state index contributed by atoms with van der Waals surface area (Å²) in [6.07, 6.45) is 1.26. The average molecular weight is 336 g/mol. The van der Waals surface area contributed by atoms with Crippen LogP contribution in [0, 0.1) is 5.92 Å². The molecule has 1 fully saturated rings. The molecule has 0 bridgehead atoms. The summed E-state index contributed by atoms with van der Waals surface area (Å²) in [5, 5.41) is 0. The van der Waals surface area contributed by atoms with Gasteiger partial charge in [0.2, 0.25) is 0 Å². The first kappa shape index (κ1) is 13.2. The van der Waals surface area contributed by atoms with Crippen LogP contribution in [-0.4, -0.2) is 5.88 Å². The van der Waals surface area contributed by atoms with Gasteiger partial charge in [0.05, 0.1) is 0 Å².